The van der Waals surface area contributed by atoms with Crippen LogP contribution in [0.4, 0.5) is 0 Å². The molecule has 0 atom stereocenters. The average Bonchev–Trinajstić information content (AvgIpc) is 3.03. The lowest BCUT2D eigenvalue weighted by Gasteiger charge is -2.18. The van der Waals surface area contributed by atoms with Gasteiger partial charge in [0.2, 0.25) is 0 Å². The van der Waals surface area contributed by atoms with E-state index in [9.17, 15) is 0 Å². The highest BCUT2D eigenvalue weighted by atomic mass is 15.4. The average molecular weight is 298 g/mol. The van der Waals surface area contributed by atoms with E-state index in [1.807, 2.05) is 34.8 Å². The lowest BCUT2D eigenvalue weighted by Crippen LogP contribution is -2.09. The highest BCUT2D eigenvalue weighted by Crippen LogP contribution is 2.32. The van der Waals surface area contributed by atoms with Gasteiger partial charge in [-0.05, 0) is 30.0 Å². The smallest absolute Gasteiger partial charge is 0.185 e. The molecule has 1 aliphatic carbocycles. The van der Waals surface area contributed by atoms with E-state index in [-0.39, 0.29) is 0 Å². The van der Waals surface area contributed by atoms with Crippen molar-refractivity contribution in [3.63, 3.8) is 0 Å². The third-order valence-corrected chi connectivity index (χ3v) is 4.44. The fourth-order valence-corrected chi connectivity index (χ4v) is 3.29. The molecule has 4 heteroatoms. The maximum absolute atomic E-state index is 4.89. The normalized spacial score (nSPS) is 12.9. The molecule has 2 aromatic heterocycles. The molecule has 0 saturated carbocycles. The van der Waals surface area contributed by atoms with Gasteiger partial charge < -0.3 is 0 Å². The molecule has 1 aliphatic rings. The number of aromatic nitrogens is 4. The molecular formula is C19H14N4. The van der Waals surface area contributed by atoms with E-state index in [0.29, 0.717) is 0 Å². The van der Waals surface area contributed by atoms with Gasteiger partial charge in [-0.25, -0.2) is 0 Å². The zero-order chi connectivity index (χ0) is 15.2. The number of benzene rings is 2. The maximum Gasteiger partial charge on any atom is 0.185 e. The lowest BCUT2D eigenvalue weighted by atomic mass is 9.89. The molecule has 0 amide bonds. The summed E-state index contributed by atoms with van der Waals surface area (Å²) in [4.78, 5) is 0. The van der Waals surface area contributed by atoms with Crippen LogP contribution in [-0.4, -0.2) is 19.8 Å². The zero-order valence-electron chi connectivity index (χ0n) is 12.5. The Hall–Kier alpha value is -3.01. The van der Waals surface area contributed by atoms with Crippen LogP contribution in [0.5, 0.6) is 0 Å². The molecule has 110 valence electrons. The number of fused-ring (bicyclic) bond motifs is 4. The summed E-state index contributed by atoms with van der Waals surface area (Å²) >= 11 is 0. The number of hydrogen-bond acceptors (Lipinski definition) is 3. The minimum Gasteiger partial charge on any atom is -0.192 e. The van der Waals surface area contributed by atoms with Gasteiger partial charge in [0.15, 0.2) is 11.5 Å². The second kappa shape index (κ2) is 4.74. The highest BCUT2D eigenvalue weighted by molar-refractivity contribution is 5.71. The van der Waals surface area contributed by atoms with Crippen LogP contribution in [0, 0.1) is 0 Å². The molecule has 23 heavy (non-hydrogen) atoms. The predicted octanol–water partition coefficient (Wildman–Crippen LogP) is 3.56. The van der Waals surface area contributed by atoms with E-state index in [0.717, 1.165) is 35.6 Å². The van der Waals surface area contributed by atoms with Crippen LogP contribution in [0.3, 0.4) is 0 Å². The highest BCUT2D eigenvalue weighted by Gasteiger charge is 2.20. The van der Waals surface area contributed by atoms with Crippen molar-refractivity contribution in [1.29, 1.82) is 0 Å². The molecule has 4 nitrogen and oxygen atoms in total. The quantitative estimate of drug-likeness (QED) is 0.539. The summed E-state index contributed by atoms with van der Waals surface area (Å²) < 4.78 is 1.86. The van der Waals surface area contributed by atoms with Crippen molar-refractivity contribution < 1.29 is 0 Å². The fourth-order valence-electron chi connectivity index (χ4n) is 3.29. The Kier molecular flexibility index (Phi) is 2.58. The Bertz CT molecular complexity index is 1020. The van der Waals surface area contributed by atoms with E-state index in [2.05, 4.69) is 40.5 Å². The SMILES string of the molecule is c1ccc(-c2nnc3cc4c(nn23)-c2ccccc2CC4)cc1. The van der Waals surface area contributed by atoms with Crippen LogP contribution in [-0.2, 0) is 12.8 Å². The van der Waals surface area contributed by atoms with Crippen molar-refractivity contribution in [3.8, 4) is 22.6 Å². The summed E-state index contributed by atoms with van der Waals surface area (Å²) in [5.74, 6) is 0.784. The molecule has 0 bridgehead atoms. The van der Waals surface area contributed by atoms with Crippen molar-refractivity contribution in [2.24, 2.45) is 0 Å². The Labute approximate surface area is 133 Å². The Balaban J connectivity index is 1.78. The molecule has 0 spiro atoms. The van der Waals surface area contributed by atoms with Gasteiger partial charge in [-0.15, -0.1) is 10.2 Å². The van der Waals surface area contributed by atoms with Crippen LogP contribution in [0.15, 0.2) is 60.7 Å². The predicted molar refractivity (Wildman–Crippen MR) is 89.1 cm³/mol. The molecule has 0 N–H and O–H groups in total. The molecule has 2 heterocycles. The van der Waals surface area contributed by atoms with E-state index in [1.165, 1.54) is 16.7 Å². The van der Waals surface area contributed by atoms with Gasteiger partial charge in [0.1, 0.15) is 0 Å². The van der Waals surface area contributed by atoms with Gasteiger partial charge in [0.25, 0.3) is 0 Å². The van der Waals surface area contributed by atoms with Gasteiger partial charge in [-0.2, -0.15) is 9.61 Å². The van der Waals surface area contributed by atoms with Crippen molar-refractivity contribution in [3.05, 3.63) is 71.8 Å². The van der Waals surface area contributed by atoms with Gasteiger partial charge in [0.05, 0.1) is 5.69 Å². The topological polar surface area (TPSA) is 43.1 Å². The van der Waals surface area contributed by atoms with Crippen LogP contribution < -0.4 is 0 Å². The van der Waals surface area contributed by atoms with Gasteiger partial charge >= 0.3 is 0 Å². The molecule has 0 aliphatic heterocycles. The molecule has 2 aromatic carbocycles. The lowest BCUT2D eigenvalue weighted by molar-refractivity contribution is 0.872. The van der Waals surface area contributed by atoms with Crippen molar-refractivity contribution in [2.75, 3.05) is 0 Å². The Morgan fingerprint density at radius 3 is 2.48 bits per heavy atom. The summed E-state index contributed by atoms with van der Waals surface area (Å²) in [6.45, 7) is 0. The molecule has 4 aromatic rings. The molecule has 0 radical (unpaired) electrons. The molecular weight excluding hydrogens is 284 g/mol. The minimum absolute atomic E-state index is 0.784. The maximum atomic E-state index is 4.89. The standard InChI is InChI=1S/C19H14N4/c1-2-7-14(8-3-1)19-21-20-17-12-15-11-10-13-6-4-5-9-16(13)18(15)22-23(17)19/h1-9,12H,10-11H2. The minimum atomic E-state index is 0.784. The Morgan fingerprint density at radius 2 is 1.57 bits per heavy atom. The number of rotatable bonds is 1. The third kappa shape index (κ3) is 1.88. The van der Waals surface area contributed by atoms with Gasteiger partial charge in [-0.1, -0.05) is 54.6 Å². The summed E-state index contributed by atoms with van der Waals surface area (Å²) in [7, 11) is 0. The molecule has 0 saturated heterocycles. The Morgan fingerprint density at radius 1 is 0.783 bits per heavy atom. The van der Waals surface area contributed by atoms with E-state index >= 15 is 0 Å². The monoisotopic (exact) mass is 298 g/mol. The number of hydrogen-bond donors (Lipinski definition) is 0. The summed E-state index contributed by atoms with van der Waals surface area (Å²) in [6, 6.07) is 20.7. The second-order valence-corrected chi connectivity index (χ2v) is 5.83. The van der Waals surface area contributed by atoms with Crippen molar-refractivity contribution in [2.45, 2.75) is 12.8 Å². The van der Waals surface area contributed by atoms with Crippen LogP contribution in [0.25, 0.3) is 28.3 Å². The van der Waals surface area contributed by atoms with Crippen molar-refractivity contribution >= 4 is 5.65 Å². The van der Waals surface area contributed by atoms with E-state index in [1.54, 1.807) is 0 Å². The van der Waals surface area contributed by atoms with Crippen LogP contribution >= 0.6 is 0 Å². The summed E-state index contributed by atoms with van der Waals surface area (Å²) in [5.41, 5.74) is 6.72. The van der Waals surface area contributed by atoms with Crippen LogP contribution in [0.2, 0.25) is 0 Å². The van der Waals surface area contributed by atoms with Gasteiger partial charge in [-0.3, -0.25) is 0 Å². The summed E-state index contributed by atoms with van der Waals surface area (Å²) in [5, 5.41) is 13.5. The molecule has 0 unspecified atom stereocenters. The first kappa shape index (κ1) is 12.5. The molecule has 5 rings (SSSR count). The third-order valence-electron chi connectivity index (χ3n) is 4.44. The second-order valence-electron chi connectivity index (χ2n) is 5.83. The van der Waals surface area contributed by atoms with Crippen molar-refractivity contribution in [1.82, 2.24) is 19.8 Å². The largest absolute Gasteiger partial charge is 0.192 e. The first-order chi connectivity index (χ1) is 11.4. The number of aryl methyl sites for hydroxylation is 2. The first-order valence-electron chi connectivity index (χ1n) is 7.79. The fraction of sp³-hybridized carbons (Fsp3) is 0.105. The molecule has 0 fully saturated rings. The number of nitrogens with zero attached hydrogens (tertiary/aromatic N) is 4. The van der Waals surface area contributed by atoms with E-state index in [4.69, 9.17) is 5.10 Å². The van der Waals surface area contributed by atoms with Gasteiger partial charge in [0, 0.05) is 11.1 Å². The summed E-state index contributed by atoms with van der Waals surface area (Å²) in [6.07, 6.45) is 2.06. The van der Waals surface area contributed by atoms with Crippen LogP contribution in [0.1, 0.15) is 11.1 Å². The zero-order valence-corrected chi connectivity index (χ0v) is 12.5. The van der Waals surface area contributed by atoms with E-state index < -0.39 is 0 Å². The first-order valence-corrected chi connectivity index (χ1v) is 7.79.